The van der Waals surface area contributed by atoms with E-state index in [0.717, 1.165) is 17.1 Å². The van der Waals surface area contributed by atoms with Gasteiger partial charge in [0.25, 0.3) is 0 Å². The van der Waals surface area contributed by atoms with Gasteiger partial charge in [-0.05, 0) is 42.8 Å². The highest BCUT2D eigenvalue weighted by Crippen LogP contribution is 2.24. The second-order valence-electron chi connectivity index (χ2n) is 3.88. The highest BCUT2D eigenvalue weighted by molar-refractivity contribution is 6.17. The van der Waals surface area contributed by atoms with Gasteiger partial charge in [0, 0.05) is 24.3 Å². The van der Waals surface area contributed by atoms with Gasteiger partial charge in [0.15, 0.2) is 0 Å². The molecule has 2 aromatic rings. The van der Waals surface area contributed by atoms with Gasteiger partial charge in [0.2, 0.25) is 0 Å². The van der Waals surface area contributed by atoms with E-state index in [-0.39, 0.29) is 5.82 Å². The van der Waals surface area contributed by atoms with Crippen LogP contribution in [0.3, 0.4) is 0 Å². The van der Waals surface area contributed by atoms with Crippen molar-refractivity contribution in [1.82, 2.24) is 4.98 Å². The summed E-state index contributed by atoms with van der Waals surface area (Å²) in [5, 5.41) is 0. The first-order valence-corrected chi connectivity index (χ1v) is 6.32. The molecule has 0 spiro atoms. The summed E-state index contributed by atoms with van der Waals surface area (Å²) >= 11 is 5.81. The Labute approximate surface area is 111 Å². The zero-order valence-electron chi connectivity index (χ0n) is 10.1. The van der Waals surface area contributed by atoms with Gasteiger partial charge in [-0.1, -0.05) is 6.07 Å². The van der Waals surface area contributed by atoms with E-state index < -0.39 is 0 Å². The van der Waals surface area contributed by atoms with E-state index in [0.29, 0.717) is 12.4 Å². The van der Waals surface area contributed by atoms with Crippen LogP contribution in [0.4, 0.5) is 15.9 Å². The molecule has 1 aromatic heterocycles. The van der Waals surface area contributed by atoms with Crippen LogP contribution in [0.5, 0.6) is 0 Å². The number of rotatable bonds is 4. The molecule has 1 heterocycles. The first-order chi connectivity index (χ1) is 8.74. The molecule has 0 saturated carbocycles. The summed E-state index contributed by atoms with van der Waals surface area (Å²) in [7, 11) is 0. The van der Waals surface area contributed by atoms with Crippen molar-refractivity contribution in [2.24, 2.45) is 0 Å². The zero-order valence-corrected chi connectivity index (χ0v) is 10.9. The fraction of sp³-hybridized carbons (Fsp3) is 0.214. The van der Waals surface area contributed by atoms with E-state index in [1.54, 1.807) is 12.3 Å². The number of pyridine rings is 1. The molecule has 18 heavy (non-hydrogen) atoms. The van der Waals surface area contributed by atoms with E-state index >= 15 is 0 Å². The Kier molecular flexibility index (Phi) is 4.15. The van der Waals surface area contributed by atoms with Gasteiger partial charge in [-0.25, -0.2) is 9.37 Å². The topological polar surface area (TPSA) is 16.1 Å². The van der Waals surface area contributed by atoms with Crippen LogP contribution in [0.25, 0.3) is 0 Å². The molecular formula is C14H14ClFN2. The lowest BCUT2D eigenvalue weighted by Crippen LogP contribution is -2.17. The van der Waals surface area contributed by atoms with Crippen LogP contribution in [-0.2, 0) is 5.88 Å². The van der Waals surface area contributed by atoms with Gasteiger partial charge >= 0.3 is 0 Å². The van der Waals surface area contributed by atoms with E-state index in [1.807, 2.05) is 30.0 Å². The fourth-order valence-electron chi connectivity index (χ4n) is 1.81. The normalized spacial score (nSPS) is 10.4. The number of halogens is 2. The van der Waals surface area contributed by atoms with Gasteiger partial charge < -0.3 is 4.90 Å². The van der Waals surface area contributed by atoms with Crippen LogP contribution in [-0.4, -0.2) is 11.5 Å². The SMILES string of the molecule is CCN(c1cccc(F)c1)c1cc(CCl)ccn1. The Hall–Kier alpha value is -1.61. The molecule has 2 rings (SSSR count). The lowest BCUT2D eigenvalue weighted by atomic mass is 10.2. The second-order valence-corrected chi connectivity index (χ2v) is 4.15. The number of benzene rings is 1. The van der Waals surface area contributed by atoms with Crippen molar-refractivity contribution in [3.05, 3.63) is 54.0 Å². The molecule has 2 nitrogen and oxygen atoms in total. The number of alkyl halides is 1. The van der Waals surface area contributed by atoms with Crippen LogP contribution in [0.1, 0.15) is 12.5 Å². The average molecular weight is 265 g/mol. The number of nitrogens with zero attached hydrogens (tertiary/aromatic N) is 2. The third-order valence-electron chi connectivity index (χ3n) is 2.68. The Morgan fingerprint density at radius 2 is 2.11 bits per heavy atom. The molecule has 0 unspecified atom stereocenters. The van der Waals surface area contributed by atoms with Crippen molar-refractivity contribution in [3.63, 3.8) is 0 Å². The van der Waals surface area contributed by atoms with Crippen molar-refractivity contribution < 1.29 is 4.39 Å². The molecule has 0 bridgehead atoms. The van der Waals surface area contributed by atoms with E-state index in [1.165, 1.54) is 12.1 Å². The predicted octanol–water partition coefficient (Wildman–Crippen LogP) is 4.12. The molecule has 0 amide bonds. The lowest BCUT2D eigenvalue weighted by Gasteiger charge is -2.22. The summed E-state index contributed by atoms with van der Waals surface area (Å²) in [6, 6.07) is 10.3. The van der Waals surface area contributed by atoms with Gasteiger partial charge in [-0.3, -0.25) is 0 Å². The molecule has 0 fully saturated rings. The highest BCUT2D eigenvalue weighted by atomic mass is 35.5. The number of hydrogen-bond acceptors (Lipinski definition) is 2. The molecule has 0 aliphatic carbocycles. The summed E-state index contributed by atoms with van der Waals surface area (Å²) in [6.45, 7) is 2.71. The molecule has 0 N–H and O–H groups in total. The Balaban J connectivity index is 2.38. The van der Waals surface area contributed by atoms with Crippen molar-refractivity contribution in [1.29, 1.82) is 0 Å². The molecule has 94 valence electrons. The first-order valence-electron chi connectivity index (χ1n) is 5.78. The van der Waals surface area contributed by atoms with E-state index in [4.69, 9.17) is 11.6 Å². The summed E-state index contributed by atoms with van der Waals surface area (Å²) in [5.74, 6) is 0.969. The molecule has 1 aromatic carbocycles. The van der Waals surface area contributed by atoms with Gasteiger partial charge in [-0.15, -0.1) is 11.6 Å². The molecule has 0 aliphatic heterocycles. The van der Waals surface area contributed by atoms with Gasteiger partial charge in [-0.2, -0.15) is 0 Å². The van der Waals surface area contributed by atoms with Crippen LogP contribution in [0.2, 0.25) is 0 Å². The van der Waals surface area contributed by atoms with Crippen molar-refractivity contribution in [2.45, 2.75) is 12.8 Å². The molecule has 0 atom stereocenters. The summed E-state index contributed by atoms with van der Waals surface area (Å²) in [6.07, 6.45) is 1.72. The first kappa shape index (κ1) is 12.8. The molecule has 0 radical (unpaired) electrons. The summed E-state index contributed by atoms with van der Waals surface area (Å²) in [4.78, 5) is 6.25. The van der Waals surface area contributed by atoms with Crippen LogP contribution >= 0.6 is 11.6 Å². The smallest absolute Gasteiger partial charge is 0.133 e. The number of hydrogen-bond donors (Lipinski definition) is 0. The van der Waals surface area contributed by atoms with E-state index in [2.05, 4.69) is 4.98 Å². The third-order valence-corrected chi connectivity index (χ3v) is 2.99. The summed E-state index contributed by atoms with van der Waals surface area (Å²) in [5.41, 5.74) is 1.79. The number of aromatic nitrogens is 1. The largest absolute Gasteiger partial charge is 0.327 e. The molecule has 4 heteroatoms. The molecule has 0 aliphatic rings. The minimum Gasteiger partial charge on any atom is -0.327 e. The maximum Gasteiger partial charge on any atom is 0.133 e. The van der Waals surface area contributed by atoms with Crippen molar-refractivity contribution in [3.8, 4) is 0 Å². The Morgan fingerprint density at radius 1 is 1.28 bits per heavy atom. The van der Waals surface area contributed by atoms with Gasteiger partial charge in [0.05, 0.1) is 0 Å². The van der Waals surface area contributed by atoms with Crippen LogP contribution in [0.15, 0.2) is 42.6 Å². The lowest BCUT2D eigenvalue weighted by molar-refractivity contribution is 0.627. The molecular weight excluding hydrogens is 251 g/mol. The second kappa shape index (κ2) is 5.83. The summed E-state index contributed by atoms with van der Waals surface area (Å²) < 4.78 is 13.3. The maximum atomic E-state index is 13.3. The highest BCUT2D eigenvalue weighted by Gasteiger charge is 2.09. The standard InChI is InChI=1S/C14H14ClFN2/c1-2-18(13-5-3-4-12(16)9-13)14-8-11(10-15)6-7-17-14/h3-9H,2,10H2,1H3. The predicted molar refractivity (Wildman–Crippen MR) is 72.9 cm³/mol. The van der Waals surface area contributed by atoms with Crippen molar-refractivity contribution in [2.75, 3.05) is 11.4 Å². The number of anilines is 2. The quantitative estimate of drug-likeness (QED) is 0.773. The Bertz CT molecular complexity index is 531. The maximum absolute atomic E-state index is 13.3. The zero-order chi connectivity index (χ0) is 13.0. The van der Waals surface area contributed by atoms with Crippen LogP contribution in [0, 0.1) is 5.82 Å². The Morgan fingerprint density at radius 3 is 2.78 bits per heavy atom. The fourth-order valence-corrected chi connectivity index (χ4v) is 1.98. The van der Waals surface area contributed by atoms with Gasteiger partial charge in [0.1, 0.15) is 11.6 Å². The molecule has 0 saturated heterocycles. The minimum absolute atomic E-state index is 0.251. The van der Waals surface area contributed by atoms with E-state index in [9.17, 15) is 4.39 Å². The monoisotopic (exact) mass is 264 g/mol. The average Bonchev–Trinajstić information content (AvgIpc) is 2.40. The van der Waals surface area contributed by atoms with Crippen LogP contribution < -0.4 is 4.90 Å². The third kappa shape index (κ3) is 2.79. The minimum atomic E-state index is -0.251. The van der Waals surface area contributed by atoms with Crippen molar-refractivity contribution >= 4 is 23.1 Å².